The fourth-order valence-electron chi connectivity index (χ4n) is 2.67. The zero-order chi connectivity index (χ0) is 17.5. The van der Waals surface area contributed by atoms with E-state index in [-0.39, 0.29) is 11.2 Å². The van der Waals surface area contributed by atoms with Crippen LogP contribution in [-0.2, 0) is 4.79 Å². The van der Waals surface area contributed by atoms with Gasteiger partial charge in [0.15, 0.2) is 0 Å². The average molecular weight is 347 g/mol. The Bertz CT molecular complexity index is 818. The Morgan fingerprint density at radius 1 is 0.880 bits per heavy atom. The molecule has 0 saturated heterocycles. The van der Waals surface area contributed by atoms with E-state index in [4.69, 9.17) is 0 Å². The number of thioether (sulfide) groups is 1. The Balaban J connectivity index is 1.64. The summed E-state index contributed by atoms with van der Waals surface area (Å²) in [4.78, 5) is 12.4. The molecule has 0 fully saturated rings. The van der Waals surface area contributed by atoms with Gasteiger partial charge in [0, 0.05) is 16.5 Å². The second-order valence-corrected chi connectivity index (χ2v) is 7.15. The molecule has 25 heavy (non-hydrogen) atoms. The summed E-state index contributed by atoms with van der Waals surface area (Å²) < 4.78 is 0. The van der Waals surface area contributed by atoms with Gasteiger partial charge >= 0.3 is 0 Å². The summed E-state index contributed by atoms with van der Waals surface area (Å²) in [5.41, 5.74) is 4.23. The van der Waals surface area contributed by atoms with Crippen LogP contribution in [0.5, 0.6) is 0 Å². The first-order valence-corrected chi connectivity index (χ1v) is 9.40. The lowest BCUT2D eigenvalue weighted by atomic mass is 10.0. The third-order valence-corrected chi connectivity index (χ3v) is 5.22. The van der Waals surface area contributed by atoms with Crippen molar-refractivity contribution in [2.24, 2.45) is 0 Å². The molecule has 3 rings (SSSR count). The van der Waals surface area contributed by atoms with E-state index in [2.05, 4.69) is 36.5 Å². The molecule has 0 aliphatic heterocycles. The van der Waals surface area contributed by atoms with Crippen molar-refractivity contribution in [1.82, 2.24) is 0 Å². The predicted octanol–water partition coefficient (Wildman–Crippen LogP) is 5.79. The second kappa shape index (κ2) is 8.54. The van der Waals surface area contributed by atoms with Crippen LogP contribution in [0.1, 0.15) is 17.7 Å². The zero-order valence-corrected chi connectivity index (χ0v) is 15.0. The maximum absolute atomic E-state index is 12.4. The van der Waals surface area contributed by atoms with Crippen LogP contribution in [0.2, 0.25) is 0 Å². The van der Waals surface area contributed by atoms with Crippen LogP contribution in [0.15, 0.2) is 84.9 Å². The van der Waals surface area contributed by atoms with Crippen molar-refractivity contribution in [3.05, 3.63) is 90.5 Å². The number of hydrogen-bond acceptors (Lipinski definition) is 2. The largest absolute Gasteiger partial charge is 0.325 e. The number of benzene rings is 3. The summed E-state index contributed by atoms with van der Waals surface area (Å²) in [6.07, 6.45) is 0. The van der Waals surface area contributed by atoms with Crippen LogP contribution >= 0.6 is 11.8 Å². The molecule has 0 spiro atoms. The molecule has 0 saturated carbocycles. The number of nitrogens with one attached hydrogen (secondary N) is 1. The van der Waals surface area contributed by atoms with Gasteiger partial charge in [-0.15, -0.1) is 11.8 Å². The van der Waals surface area contributed by atoms with Gasteiger partial charge in [0.05, 0.1) is 5.75 Å². The zero-order valence-electron chi connectivity index (χ0n) is 14.2. The molecule has 0 aromatic heterocycles. The minimum atomic E-state index is 0.0242. The van der Waals surface area contributed by atoms with E-state index in [0.29, 0.717) is 5.75 Å². The van der Waals surface area contributed by atoms with Crippen LogP contribution < -0.4 is 5.32 Å². The van der Waals surface area contributed by atoms with Gasteiger partial charge in [0.1, 0.15) is 0 Å². The van der Waals surface area contributed by atoms with Gasteiger partial charge < -0.3 is 5.32 Å². The van der Waals surface area contributed by atoms with Crippen LogP contribution in [0.3, 0.4) is 0 Å². The summed E-state index contributed by atoms with van der Waals surface area (Å²) in [5, 5.41) is 3.34. The third-order valence-electron chi connectivity index (χ3n) is 4.02. The number of rotatable bonds is 6. The monoisotopic (exact) mass is 347 g/mol. The highest BCUT2D eigenvalue weighted by Crippen LogP contribution is 2.30. The Kier molecular flexibility index (Phi) is 5.91. The van der Waals surface area contributed by atoms with E-state index in [1.165, 1.54) is 5.56 Å². The maximum Gasteiger partial charge on any atom is 0.234 e. The Hall–Kier alpha value is -2.52. The molecule has 126 valence electrons. The fraction of sp³-hybridized carbons (Fsp3) is 0.136. The molecule has 3 heteroatoms. The van der Waals surface area contributed by atoms with E-state index >= 15 is 0 Å². The lowest BCUT2D eigenvalue weighted by Crippen LogP contribution is -2.15. The van der Waals surface area contributed by atoms with Crippen LogP contribution in [0.25, 0.3) is 11.1 Å². The second-order valence-electron chi connectivity index (χ2n) is 5.82. The highest BCUT2D eigenvalue weighted by molar-refractivity contribution is 8.00. The number of hydrogen-bond donors (Lipinski definition) is 1. The summed E-state index contributed by atoms with van der Waals surface area (Å²) in [7, 11) is 0. The molecule has 0 aliphatic carbocycles. The minimum Gasteiger partial charge on any atom is -0.325 e. The van der Waals surface area contributed by atoms with Gasteiger partial charge in [-0.2, -0.15) is 0 Å². The van der Waals surface area contributed by atoms with Gasteiger partial charge in [-0.05, 0) is 24.1 Å². The summed E-state index contributed by atoms with van der Waals surface area (Å²) >= 11 is 1.65. The summed E-state index contributed by atoms with van der Waals surface area (Å²) in [5.74, 6) is 0.454. The van der Waals surface area contributed by atoms with Crippen LogP contribution in [0.4, 0.5) is 5.69 Å². The Morgan fingerprint density at radius 3 is 2.20 bits per heavy atom. The number of carbonyl (C=O) groups excluding carboxylic acids is 1. The average Bonchev–Trinajstić information content (AvgIpc) is 2.68. The minimum absolute atomic E-state index is 0.0242. The molecule has 2 nitrogen and oxygen atoms in total. The van der Waals surface area contributed by atoms with Gasteiger partial charge in [-0.3, -0.25) is 4.79 Å². The normalized spacial score (nSPS) is 11.7. The summed E-state index contributed by atoms with van der Waals surface area (Å²) in [6.45, 7) is 2.13. The molecule has 0 radical (unpaired) electrons. The van der Waals surface area contributed by atoms with E-state index in [9.17, 15) is 4.79 Å². The van der Waals surface area contributed by atoms with E-state index in [1.54, 1.807) is 11.8 Å². The van der Waals surface area contributed by atoms with Crippen molar-refractivity contribution in [3.8, 4) is 11.1 Å². The standard InChI is InChI=1S/C22H21NOS/c1-17(18-10-4-2-5-11-18)25-16-22(24)23-21-15-9-8-14-20(21)19-12-6-3-7-13-19/h2-15,17H,16H2,1H3,(H,23,24)/t17-/m0/s1. The van der Waals surface area contributed by atoms with E-state index in [0.717, 1.165) is 16.8 Å². The van der Waals surface area contributed by atoms with Crippen molar-refractivity contribution in [3.63, 3.8) is 0 Å². The molecule has 0 bridgehead atoms. The molecule has 1 N–H and O–H groups in total. The first kappa shape index (κ1) is 17.3. The molecule has 3 aromatic rings. The van der Waals surface area contributed by atoms with Crippen LogP contribution in [0, 0.1) is 0 Å². The highest BCUT2D eigenvalue weighted by Gasteiger charge is 2.11. The van der Waals surface area contributed by atoms with Gasteiger partial charge in [-0.1, -0.05) is 78.9 Å². The van der Waals surface area contributed by atoms with Crippen molar-refractivity contribution in [1.29, 1.82) is 0 Å². The maximum atomic E-state index is 12.4. The fourth-order valence-corrected chi connectivity index (χ4v) is 3.49. The van der Waals surface area contributed by atoms with Gasteiger partial charge in [0.2, 0.25) is 5.91 Å². The molecule has 3 aromatic carbocycles. The summed E-state index contributed by atoms with van der Waals surface area (Å²) in [6, 6.07) is 28.3. The molecular formula is C22H21NOS. The van der Waals surface area contributed by atoms with E-state index < -0.39 is 0 Å². The first-order valence-electron chi connectivity index (χ1n) is 8.35. The first-order chi connectivity index (χ1) is 12.2. The molecule has 0 aliphatic rings. The third kappa shape index (κ3) is 4.74. The Morgan fingerprint density at radius 2 is 1.48 bits per heavy atom. The lowest BCUT2D eigenvalue weighted by molar-refractivity contribution is -0.113. The quantitative estimate of drug-likeness (QED) is 0.612. The molecule has 0 heterocycles. The molecule has 0 unspecified atom stereocenters. The van der Waals surface area contributed by atoms with E-state index in [1.807, 2.05) is 60.7 Å². The number of anilines is 1. The van der Waals surface area contributed by atoms with Crippen molar-refractivity contribution >= 4 is 23.4 Å². The van der Waals surface area contributed by atoms with Crippen molar-refractivity contribution in [2.75, 3.05) is 11.1 Å². The predicted molar refractivity (Wildman–Crippen MR) is 108 cm³/mol. The smallest absolute Gasteiger partial charge is 0.234 e. The van der Waals surface area contributed by atoms with Gasteiger partial charge in [-0.25, -0.2) is 0 Å². The SMILES string of the molecule is C[C@H](SCC(=O)Nc1ccccc1-c1ccccc1)c1ccccc1. The Labute approximate surface area is 153 Å². The number of para-hydroxylation sites is 1. The van der Waals surface area contributed by atoms with Crippen LogP contribution in [-0.4, -0.2) is 11.7 Å². The highest BCUT2D eigenvalue weighted by atomic mass is 32.2. The van der Waals surface area contributed by atoms with Crippen molar-refractivity contribution < 1.29 is 4.79 Å². The topological polar surface area (TPSA) is 29.1 Å². The molecular weight excluding hydrogens is 326 g/mol. The van der Waals surface area contributed by atoms with Crippen molar-refractivity contribution in [2.45, 2.75) is 12.2 Å². The van der Waals surface area contributed by atoms with Gasteiger partial charge in [0.25, 0.3) is 0 Å². The molecule has 1 atom stereocenters. The number of carbonyl (C=O) groups is 1. The number of amides is 1. The lowest BCUT2D eigenvalue weighted by Gasteiger charge is -2.13. The molecule has 1 amide bonds.